The maximum atomic E-state index is 13.9. The Kier molecular flexibility index (Phi) is 4.03. The summed E-state index contributed by atoms with van der Waals surface area (Å²) in [6, 6.07) is 6.13. The third-order valence-corrected chi connectivity index (χ3v) is 7.45. The Bertz CT molecular complexity index is 734. The minimum atomic E-state index is -0.477. The molecule has 4 saturated carbocycles. The zero-order chi connectivity index (χ0) is 18.6. The summed E-state index contributed by atoms with van der Waals surface area (Å²) >= 11 is 0. The Morgan fingerprint density at radius 1 is 0.852 bits per heavy atom. The van der Waals surface area contributed by atoms with Crippen molar-refractivity contribution in [3.8, 4) is 0 Å². The topological polar surface area (TPSA) is 40.6 Å². The Labute approximate surface area is 159 Å². The Balaban J connectivity index is 1.25. The van der Waals surface area contributed by atoms with E-state index in [0.717, 1.165) is 37.0 Å². The van der Waals surface area contributed by atoms with Crippen molar-refractivity contribution in [2.75, 3.05) is 26.2 Å². The van der Waals surface area contributed by atoms with Crippen LogP contribution >= 0.6 is 0 Å². The van der Waals surface area contributed by atoms with E-state index in [1.165, 1.54) is 31.4 Å². The van der Waals surface area contributed by atoms with E-state index in [-0.39, 0.29) is 16.9 Å². The first-order valence-corrected chi connectivity index (χ1v) is 10.4. The van der Waals surface area contributed by atoms with Gasteiger partial charge in [0.05, 0.1) is 11.0 Å². The highest BCUT2D eigenvalue weighted by atomic mass is 19.1. The molecule has 0 aromatic heterocycles. The van der Waals surface area contributed by atoms with Crippen LogP contribution in [0.1, 0.15) is 48.9 Å². The maximum Gasteiger partial charge on any atom is 0.256 e. The molecule has 2 amide bonds. The fraction of sp³-hybridized carbons (Fsp3) is 0.636. The molecule has 5 fully saturated rings. The molecule has 0 radical (unpaired) electrons. The maximum absolute atomic E-state index is 13.9. The summed E-state index contributed by atoms with van der Waals surface area (Å²) < 4.78 is 13.9. The number of halogens is 1. The number of nitrogens with zero attached hydrogens (tertiary/aromatic N) is 2. The highest BCUT2D eigenvalue weighted by molar-refractivity contribution is 5.94. The van der Waals surface area contributed by atoms with Crippen molar-refractivity contribution >= 4 is 11.8 Å². The van der Waals surface area contributed by atoms with E-state index in [2.05, 4.69) is 0 Å². The first-order chi connectivity index (χ1) is 13.0. The van der Waals surface area contributed by atoms with Crippen LogP contribution in [0.15, 0.2) is 24.3 Å². The molecule has 0 N–H and O–H groups in total. The first kappa shape index (κ1) is 17.2. The van der Waals surface area contributed by atoms with Gasteiger partial charge in [-0.05, 0) is 68.4 Å². The van der Waals surface area contributed by atoms with Crippen LogP contribution in [-0.4, -0.2) is 47.8 Å². The van der Waals surface area contributed by atoms with Crippen LogP contribution in [0.4, 0.5) is 4.39 Å². The standard InChI is InChI=1S/C22H27FN2O2/c23-19-4-2-1-3-18(19)20(26)24-5-7-25(8-6-24)21(27)22-12-15-9-16(13-22)11-17(10-15)14-22/h1-4,15-17H,5-14H2. The van der Waals surface area contributed by atoms with E-state index in [9.17, 15) is 14.0 Å². The van der Waals surface area contributed by atoms with Crippen LogP contribution in [0.5, 0.6) is 0 Å². The van der Waals surface area contributed by atoms with Gasteiger partial charge < -0.3 is 9.80 Å². The SMILES string of the molecule is O=C(c1ccccc1F)N1CCN(C(=O)C23CC4CC(CC(C4)C2)C3)CC1. The van der Waals surface area contributed by atoms with Crippen LogP contribution in [0.2, 0.25) is 0 Å². The first-order valence-electron chi connectivity index (χ1n) is 10.4. The zero-order valence-electron chi connectivity index (χ0n) is 15.7. The summed E-state index contributed by atoms with van der Waals surface area (Å²) in [6.07, 6.45) is 7.22. The number of hydrogen-bond donors (Lipinski definition) is 0. The van der Waals surface area contributed by atoms with Gasteiger partial charge in [0, 0.05) is 26.2 Å². The predicted molar refractivity (Wildman–Crippen MR) is 99.5 cm³/mol. The lowest BCUT2D eigenvalue weighted by atomic mass is 9.49. The molecule has 1 aliphatic heterocycles. The molecule has 4 nitrogen and oxygen atoms in total. The molecule has 0 unspecified atom stereocenters. The lowest BCUT2D eigenvalue weighted by Gasteiger charge is -2.57. The van der Waals surface area contributed by atoms with E-state index in [4.69, 9.17) is 0 Å². The van der Waals surface area contributed by atoms with Gasteiger partial charge in [-0.3, -0.25) is 9.59 Å². The molecule has 1 aromatic rings. The minimum Gasteiger partial charge on any atom is -0.339 e. The molecule has 27 heavy (non-hydrogen) atoms. The number of amides is 2. The Morgan fingerprint density at radius 2 is 1.37 bits per heavy atom. The minimum absolute atomic E-state index is 0.119. The average Bonchev–Trinajstić information content (AvgIpc) is 2.66. The van der Waals surface area contributed by atoms with Crippen molar-refractivity contribution < 1.29 is 14.0 Å². The van der Waals surface area contributed by atoms with Gasteiger partial charge in [-0.2, -0.15) is 0 Å². The van der Waals surface area contributed by atoms with Crippen molar-refractivity contribution in [1.29, 1.82) is 0 Å². The summed E-state index contributed by atoms with van der Waals surface area (Å²) in [5.74, 6) is 1.85. The second kappa shape index (κ2) is 6.32. The van der Waals surface area contributed by atoms with E-state index >= 15 is 0 Å². The third kappa shape index (κ3) is 2.86. The van der Waals surface area contributed by atoms with Crippen LogP contribution in [0, 0.1) is 29.0 Å². The number of rotatable bonds is 2. The number of benzene rings is 1. The number of hydrogen-bond acceptors (Lipinski definition) is 2. The highest BCUT2D eigenvalue weighted by Crippen LogP contribution is 2.60. The molecule has 4 bridgehead atoms. The fourth-order valence-corrected chi connectivity index (χ4v) is 6.63. The van der Waals surface area contributed by atoms with Gasteiger partial charge in [0.1, 0.15) is 5.82 Å². The zero-order valence-corrected chi connectivity index (χ0v) is 15.7. The summed E-state index contributed by atoms with van der Waals surface area (Å²) in [4.78, 5) is 29.7. The normalized spacial score (nSPS) is 34.8. The van der Waals surface area contributed by atoms with Gasteiger partial charge in [-0.1, -0.05) is 12.1 Å². The van der Waals surface area contributed by atoms with Crippen LogP contribution in [0.3, 0.4) is 0 Å². The molecule has 1 saturated heterocycles. The molecule has 0 atom stereocenters. The lowest BCUT2D eigenvalue weighted by molar-refractivity contribution is -0.159. The third-order valence-electron chi connectivity index (χ3n) is 7.45. The van der Waals surface area contributed by atoms with Crippen molar-refractivity contribution in [3.63, 3.8) is 0 Å². The predicted octanol–water partition coefficient (Wildman–Crippen LogP) is 3.33. The van der Waals surface area contributed by atoms with Gasteiger partial charge in [-0.15, -0.1) is 0 Å². The number of carbonyl (C=O) groups is 2. The quantitative estimate of drug-likeness (QED) is 0.801. The molecule has 1 heterocycles. The lowest BCUT2D eigenvalue weighted by Crippen LogP contribution is -2.58. The Morgan fingerprint density at radius 3 is 1.93 bits per heavy atom. The summed E-state index contributed by atoms with van der Waals surface area (Å²) in [5, 5.41) is 0. The van der Waals surface area contributed by atoms with E-state index in [0.29, 0.717) is 32.1 Å². The van der Waals surface area contributed by atoms with Crippen molar-refractivity contribution in [2.24, 2.45) is 23.2 Å². The largest absolute Gasteiger partial charge is 0.339 e. The van der Waals surface area contributed by atoms with E-state index in [1.54, 1.807) is 17.0 Å². The van der Waals surface area contributed by atoms with Gasteiger partial charge in [-0.25, -0.2) is 4.39 Å². The molecule has 6 rings (SSSR count). The van der Waals surface area contributed by atoms with Crippen LogP contribution in [-0.2, 0) is 4.79 Å². The molecule has 1 aromatic carbocycles. The summed E-state index contributed by atoms with van der Waals surface area (Å²) in [7, 11) is 0. The molecule has 144 valence electrons. The monoisotopic (exact) mass is 370 g/mol. The van der Waals surface area contributed by atoms with Crippen LogP contribution in [0.25, 0.3) is 0 Å². The molecular weight excluding hydrogens is 343 g/mol. The van der Waals surface area contributed by atoms with Crippen LogP contribution < -0.4 is 0 Å². The second-order valence-electron chi connectivity index (χ2n) is 9.26. The van der Waals surface area contributed by atoms with Crippen molar-refractivity contribution in [2.45, 2.75) is 38.5 Å². The highest BCUT2D eigenvalue weighted by Gasteiger charge is 2.55. The Hall–Kier alpha value is -1.91. The summed E-state index contributed by atoms with van der Waals surface area (Å²) in [5.41, 5.74) is 0.00490. The fourth-order valence-electron chi connectivity index (χ4n) is 6.63. The summed E-state index contributed by atoms with van der Waals surface area (Å²) in [6.45, 7) is 2.12. The molecule has 5 aliphatic rings. The van der Waals surface area contributed by atoms with Gasteiger partial charge >= 0.3 is 0 Å². The molecule has 5 heteroatoms. The molecule has 4 aliphatic carbocycles. The smallest absolute Gasteiger partial charge is 0.256 e. The molecular formula is C22H27FN2O2. The van der Waals surface area contributed by atoms with E-state index < -0.39 is 5.82 Å². The van der Waals surface area contributed by atoms with Gasteiger partial charge in [0.25, 0.3) is 5.91 Å². The van der Waals surface area contributed by atoms with Gasteiger partial charge in [0.15, 0.2) is 0 Å². The number of piperazine rings is 1. The number of carbonyl (C=O) groups excluding carboxylic acids is 2. The van der Waals surface area contributed by atoms with Crippen molar-refractivity contribution in [1.82, 2.24) is 9.80 Å². The average molecular weight is 370 g/mol. The molecule has 0 spiro atoms. The van der Waals surface area contributed by atoms with Crippen molar-refractivity contribution in [3.05, 3.63) is 35.6 Å². The van der Waals surface area contributed by atoms with Gasteiger partial charge in [0.2, 0.25) is 5.91 Å². The van der Waals surface area contributed by atoms with E-state index in [1.807, 2.05) is 4.90 Å². The second-order valence-corrected chi connectivity index (χ2v) is 9.26.